The predicted octanol–water partition coefficient (Wildman–Crippen LogP) is 4.26. The molecule has 6 nitrogen and oxygen atoms in total. The first kappa shape index (κ1) is 17.1. The number of para-hydroxylation sites is 1. The number of carbonyl (C=O) groups is 1. The lowest BCUT2D eigenvalue weighted by molar-refractivity contribution is 0.101. The molecule has 0 N–H and O–H groups in total. The molecule has 2 aliphatic heterocycles. The Bertz CT molecular complexity index is 982. The zero-order chi connectivity index (χ0) is 19.0. The van der Waals surface area contributed by atoms with Crippen LogP contribution in [0.1, 0.15) is 24.1 Å². The Labute approximate surface area is 154 Å². The molecule has 2 aromatic carbocycles. The van der Waals surface area contributed by atoms with Crippen molar-refractivity contribution in [2.75, 3.05) is 13.7 Å². The van der Waals surface area contributed by atoms with Crippen LogP contribution >= 0.6 is 0 Å². The molecule has 0 spiro atoms. The van der Waals surface area contributed by atoms with Gasteiger partial charge in [0.1, 0.15) is 17.6 Å². The smallest absolute Gasteiger partial charge is 0.494 e. The van der Waals surface area contributed by atoms with Crippen molar-refractivity contribution in [2.45, 2.75) is 13.0 Å². The summed E-state index contributed by atoms with van der Waals surface area (Å²) < 4.78 is 35.3. The monoisotopic (exact) mass is 369 g/mol. The summed E-state index contributed by atoms with van der Waals surface area (Å²) in [7, 11) is 1.39. The molecule has 0 bridgehead atoms. The van der Waals surface area contributed by atoms with Crippen LogP contribution < -0.4 is 9.47 Å². The van der Waals surface area contributed by atoms with Gasteiger partial charge in [0, 0.05) is 5.56 Å². The van der Waals surface area contributed by atoms with Crippen LogP contribution in [0.5, 0.6) is 11.5 Å². The molecule has 0 amide bonds. The second-order valence-corrected chi connectivity index (χ2v) is 5.85. The molecule has 0 fully saturated rings. The summed E-state index contributed by atoms with van der Waals surface area (Å²) in [5, 5.41) is 0. The maximum Gasteiger partial charge on any atom is 0.515 e. The molecule has 0 saturated carbocycles. The maximum atomic E-state index is 14.3. The lowest BCUT2D eigenvalue weighted by atomic mass is 10.0. The first-order chi connectivity index (χ1) is 13.1. The first-order valence-electron chi connectivity index (χ1n) is 8.40. The zero-order valence-corrected chi connectivity index (χ0v) is 14.7. The summed E-state index contributed by atoms with van der Waals surface area (Å²) in [5.74, 6) is 0.757. The highest BCUT2D eigenvalue weighted by molar-refractivity contribution is 6.24. The van der Waals surface area contributed by atoms with Crippen molar-refractivity contribution in [2.24, 2.45) is 4.99 Å². The summed E-state index contributed by atoms with van der Waals surface area (Å²) >= 11 is 0. The number of hydrogen-bond donors (Lipinski definition) is 0. The van der Waals surface area contributed by atoms with Crippen LogP contribution in [-0.2, 0) is 9.47 Å². The van der Waals surface area contributed by atoms with E-state index in [1.807, 2.05) is 24.3 Å². The van der Waals surface area contributed by atoms with Gasteiger partial charge >= 0.3 is 6.16 Å². The average molecular weight is 369 g/mol. The van der Waals surface area contributed by atoms with Crippen LogP contribution in [0.3, 0.4) is 0 Å². The minimum Gasteiger partial charge on any atom is -0.494 e. The third-order valence-electron chi connectivity index (χ3n) is 4.27. The Kier molecular flexibility index (Phi) is 4.27. The molecule has 7 heteroatoms. The van der Waals surface area contributed by atoms with E-state index in [0.29, 0.717) is 22.6 Å². The van der Waals surface area contributed by atoms with Gasteiger partial charge in [0.2, 0.25) is 5.90 Å². The number of ether oxygens (including phenoxy) is 4. The Morgan fingerprint density at radius 3 is 2.81 bits per heavy atom. The van der Waals surface area contributed by atoms with Crippen molar-refractivity contribution in [3.05, 3.63) is 65.2 Å². The van der Waals surface area contributed by atoms with Crippen molar-refractivity contribution in [3.8, 4) is 11.5 Å². The molecule has 0 saturated heterocycles. The van der Waals surface area contributed by atoms with Crippen molar-refractivity contribution >= 4 is 17.6 Å². The fraction of sp³-hybridized carbons (Fsp3) is 0.200. The van der Waals surface area contributed by atoms with E-state index in [-0.39, 0.29) is 18.3 Å². The van der Waals surface area contributed by atoms with Gasteiger partial charge in [0.25, 0.3) is 0 Å². The van der Waals surface area contributed by atoms with E-state index >= 15 is 0 Å². The van der Waals surface area contributed by atoms with Gasteiger partial charge in [-0.1, -0.05) is 24.3 Å². The van der Waals surface area contributed by atoms with Crippen molar-refractivity contribution in [1.82, 2.24) is 0 Å². The molecule has 27 heavy (non-hydrogen) atoms. The first-order valence-corrected chi connectivity index (χ1v) is 8.40. The SMILES string of the molecule is CCOC(=O)OC1=NC2C(=C1c1ccc(OC)c(F)c1)Oc1ccccc12. The number of methoxy groups -OCH3 is 1. The maximum absolute atomic E-state index is 14.3. The zero-order valence-electron chi connectivity index (χ0n) is 14.7. The van der Waals surface area contributed by atoms with E-state index in [4.69, 9.17) is 18.9 Å². The van der Waals surface area contributed by atoms with Crippen LogP contribution in [-0.4, -0.2) is 25.8 Å². The predicted molar refractivity (Wildman–Crippen MR) is 95.2 cm³/mol. The molecule has 1 unspecified atom stereocenters. The van der Waals surface area contributed by atoms with Gasteiger partial charge in [-0.2, -0.15) is 0 Å². The minimum atomic E-state index is -0.878. The molecule has 1 atom stereocenters. The summed E-state index contributed by atoms with van der Waals surface area (Å²) in [4.78, 5) is 16.3. The summed E-state index contributed by atoms with van der Waals surface area (Å²) in [6, 6.07) is 11.4. The number of hydrogen-bond acceptors (Lipinski definition) is 6. The number of rotatable bonds is 3. The molecular formula is C20H16FNO5. The van der Waals surface area contributed by atoms with Crippen LogP contribution in [0.15, 0.2) is 53.2 Å². The van der Waals surface area contributed by atoms with Gasteiger partial charge in [0.15, 0.2) is 11.6 Å². The second-order valence-electron chi connectivity index (χ2n) is 5.85. The Balaban J connectivity index is 1.80. The number of halogens is 1. The normalized spacial score (nSPS) is 17.0. The molecule has 0 aliphatic carbocycles. The number of nitrogens with zero attached hydrogens (tertiary/aromatic N) is 1. The molecule has 0 aromatic heterocycles. The third kappa shape index (κ3) is 2.91. The quantitative estimate of drug-likeness (QED) is 0.756. The second kappa shape index (κ2) is 6.75. The lowest BCUT2D eigenvalue weighted by Gasteiger charge is -2.11. The van der Waals surface area contributed by atoms with Crippen LogP contribution in [0.2, 0.25) is 0 Å². The average Bonchev–Trinajstić information content (AvgIpc) is 3.17. The fourth-order valence-electron chi connectivity index (χ4n) is 3.11. The van der Waals surface area contributed by atoms with Crippen molar-refractivity contribution < 1.29 is 28.1 Å². The standard InChI is InChI=1S/C20H16FNO5/c1-3-25-20(23)27-19-16(11-8-9-15(24-2)13(21)10-11)18-17(22-19)12-6-4-5-7-14(12)26-18/h4-10,17H,3H2,1-2H3. The van der Waals surface area contributed by atoms with Gasteiger partial charge in [-0.05, 0) is 30.7 Å². The van der Waals surface area contributed by atoms with E-state index in [9.17, 15) is 9.18 Å². The van der Waals surface area contributed by atoms with Gasteiger partial charge in [-0.25, -0.2) is 14.2 Å². The van der Waals surface area contributed by atoms with E-state index in [2.05, 4.69) is 4.99 Å². The number of fused-ring (bicyclic) bond motifs is 3. The van der Waals surface area contributed by atoms with E-state index in [1.165, 1.54) is 19.2 Å². The lowest BCUT2D eigenvalue weighted by Crippen LogP contribution is -2.15. The highest BCUT2D eigenvalue weighted by Gasteiger charge is 2.40. The highest BCUT2D eigenvalue weighted by Crippen LogP contribution is 2.48. The summed E-state index contributed by atoms with van der Waals surface area (Å²) in [6.45, 7) is 1.84. The van der Waals surface area contributed by atoms with Gasteiger partial charge in [0.05, 0.1) is 19.3 Å². The Hall–Kier alpha value is -3.35. The van der Waals surface area contributed by atoms with Crippen LogP contribution in [0.25, 0.3) is 5.57 Å². The van der Waals surface area contributed by atoms with Gasteiger partial charge in [-0.15, -0.1) is 0 Å². The third-order valence-corrected chi connectivity index (χ3v) is 4.27. The van der Waals surface area contributed by atoms with E-state index < -0.39 is 18.0 Å². The summed E-state index contributed by atoms with van der Waals surface area (Å²) in [5.41, 5.74) is 1.72. The fourth-order valence-corrected chi connectivity index (χ4v) is 3.11. The number of benzene rings is 2. The topological polar surface area (TPSA) is 66.4 Å². The van der Waals surface area contributed by atoms with Crippen LogP contribution in [0.4, 0.5) is 9.18 Å². The van der Waals surface area contributed by atoms with Gasteiger partial charge < -0.3 is 18.9 Å². The largest absolute Gasteiger partial charge is 0.515 e. The molecule has 0 radical (unpaired) electrons. The van der Waals surface area contributed by atoms with E-state index in [0.717, 1.165) is 5.56 Å². The number of carbonyl (C=O) groups excluding carboxylic acids is 1. The number of aliphatic imine (C=N–C) groups is 1. The van der Waals surface area contributed by atoms with Crippen molar-refractivity contribution in [3.63, 3.8) is 0 Å². The van der Waals surface area contributed by atoms with E-state index in [1.54, 1.807) is 13.0 Å². The molecule has 4 rings (SSSR count). The Morgan fingerprint density at radius 1 is 1.26 bits per heavy atom. The highest BCUT2D eigenvalue weighted by atomic mass is 19.1. The molecule has 138 valence electrons. The summed E-state index contributed by atoms with van der Waals surface area (Å²) in [6.07, 6.45) is -0.878. The minimum absolute atomic E-state index is 0.0347. The Morgan fingerprint density at radius 2 is 2.07 bits per heavy atom. The van der Waals surface area contributed by atoms with Crippen LogP contribution in [0, 0.1) is 5.82 Å². The molecule has 2 heterocycles. The van der Waals surface area contributed by atoms with Crippen molar-refractivity contribution in [1.29, 1.82) is 0 Å². The van der Waals surface area contributed by atoms with Gasteiger partial charge in [-0.3, -0.25) is 0 Å². The molecular weight excluding hydrogens is 353 g/mol. The molecule has 2 aliphatic rings. The molecule has 2 aromatic rings.